The van der Waals surface area contributed by atoms with Gasteiger partial charge in [-0.3, -0.25) is 0 Å². The number of carbonyl (C=O) groups excluding carboxylic acids is 1. The number of benzene rings is 1. The molecule has 0 spiro atoms. The number of halogens is 1. The zero-order chi connectivity index (χ0) is 17.5. The fourth-order valence-electron chi connectivity index (χ4n) is 2.02. The average molecular weight is 403 g/mol. The number of rotatable bonds is 2. The van der Waals surface area contributed by atoms with E-state index in [9.17, 15) is 13.2 Å². The van der Waals surface area contributed by atoms with E-state index in [1.165, 1.54) is 24.5 Å². The van der Waals surface area contributed by atoms with Gasteiger partial charge in [0.2, 0.25) is 0 Å². The fourth-order valence-corrected chi connectivity index (χ4v) is 5.61. The van der Waals surface area contributed by atoms with Crippen LogP contribution in [0.5, 0.6) is 0 Å². The van der Waals surface area contributed by atoms with Crippen LogP contribution in [0.1, 0.15) is 15.2 Å². The van der Waals surface area contributed by atoms with E-state index in [2.05, 4.69) is 9.71 Å². The second kappa shape index (κ2) is 6.40. The quantitative estimate of drug-likeness (QED) is 0.770. The monoisotopic (exact) mass is 402 g/mol. The molecule has 2 aromatic rings. The molecule has 0 saturated carbocycles. The fraction of sp³-hybridized carbons (Fsp3) is 0.143. The Morgan fingerprint density at radius 2 is 2.12 bits per heavy atom. The van der Waals surface area contributed by atoms with Crippen LogP contribution in [0.4, 0.5) is 5.69 Å². The van der Waals surface area contributed by atoms with Crippen molar-refractivity contribution < 1.29 is 17.9 Å². The van der Waals surface area contributed by atoms with Gasteiger partial charge in [0.1, 0.15) is 9.77 Å². The molecule has 0 saturated heterocycles. The Labute approximate surface area is 151 Å². The second-order valence-corrected chi connectivity index (χ2v) is 8.73. The lowest BCUT2D eigenvalue weighted by molar-refractivity contribution is 0.0607. The van der Waals surface area contributed by atoms with Crippen LogP contribution in [0.15, 0.2) is 37.8 Å². The first-order valence-electron chi connectivity index (χ1n) is 6.57. The summed E-state index contributed by atoms with van der Waals surface area (Å²) in [5, 5.41) is 5.20. The van der Waals surface area contributed by atoms with Gasteiger partial charge in [0.25, 0.3) is 10.0 Å². The maximum absolute atomic E-state index is 12.4. The Morgan fingerprint density at radius 1 is 1.38 bits per heavy atom. The summed E-state index contributed by atoms with van der Waals surface area (Å²) in [5.74, 6) is -0.504. The van der Waals surface area contributed by atoms with Gasteiger partial charge in [-0.25, -0.2) is 4.79 Å². The molecule has 0 aliphatic carbocycles. The van der Waals surface area contributed by atoms with E-state index < -0.39 is 16.0 Å². The first kappa shape index (κ1) is 17.3. The molecule has 3 rings (SSSR count). The summed E-state index contributed by atoms with van der Waals surface area (Å²) in [6.45, 7) is 1.73. The van der Waals surface area contributed by atoms with Crippen molar-refractivity contribution in [3.63, 3.8) is 0 Å². The van der Waals surface area contributed by atoms with Gasteiger partial charge in [-0.15, -0.1) is 15.7 Å². The number of hydrogen-bond acceptors (Lipinski definition) is 7. The number of thioether (sulfide) groups is 1. The number of nitrogens with zero attached hydrogens (tertiary/aromatic N) is 1. The van der Waals surface area contributed by atoms with Crippen LogP contribution in [0.2, 0.25) is 5.02 Å². The Hall–Kier alpha value is -1.55. The Bertz CT molecular complexity index is 966. The number of sulfonamides is 1. The molecule has 1 aromatic heterocycles. The van der Waals surface area contributed by atoms with E-state index in [1.807, 2.05) is 0 Å². The molecule has 126 valence electrons. The van der Waals surface area contributed by atoms with Crippen molar-refractivity contribution >= 4 is 61.5 Å². The number of aryl methyl sites for hydroxylation is 1. The van der Waals surface area contributed by atoms with Gasteiger partial charge in [0.15, 0.2) is 5.17 Å². The molecule has 0 bridgehead atoms. The molecule has 24 heavy (non-hydrogen) atoms. The predicted octanol–water partition coefficient (Wildman–Crippen LogP) is 3.76. The van der Waals surface area contributed by atoms with Crippen LogP contribution in [-0.4, -0.2) is 26.7 Å². The Kier molecular flexibility index (Phi) is 4.60. The number of amidine groups is 1. The number of thiophene rings is 1. The molecule has 1 aliphatic heterocycles. The number of hydrogen-bond donors (Lipinski definition) is 1. The molecule has 10 heteroatoms. The van der Waals surface area contributed by atoms with E-state index in [0.29, 0.717) is 26.0 Å². The summed E-state index contributed by atoms with van der Waals surface area (Å²) in [5.41, 5.74) is 1.10. The van der Waals surface area contributed by atoms with Crippen LogP contribution in [0.3, 0.4) is 0 Å². The van der Waals surface area contributed by atoms with Gasteiger partial charge in [0, 0.05) is 9.92 Å². The van der Waals surface area contributed by atoms with E-state index in [4.69, 9.17) is 16.3 Å². The van der Waals surface area contributed by atoms with Gasteiger partial charge in [-0.1, -0.05) is 11.6 Å². The van der Waals surface area contributed by atoms with Crippen molar-refractivity contribution in [1.82, 2.24) is 0 Å². The molecule has 1 aliphatic rings. The zero-order valence-electron chi connectivity index (χ0n) is 12.5. The van der Waals surface area contributed by atoms with Crippen molar-refractivity contribution in [3.05, 3.63) is 39.0 Å². The lowest BCUT2D eigenvalue weighted by Crippen LogP contribution is -2.17. The van der Waals surface area contributed by atoms with Gasteiger partial charge in [0.05, 0.1) is 12.8 Å². The number of carbonyl (C=O) groups is 1. The van der Waals surface area contributed by atoms with E-state index in [0.717, 1.165) is 11.8 Å². The molecule has 0 radical (unpaired) electrons. The Balaban J connectivity index is 1.98. The minimum atomic E-state index is -3.84. The maximum Gasteiger partial charge on any atom is 0.350 e. The highest BCUT2D eigenvalue weighted by Gasteiger charge is 2.28. The lowest BCUT2D eigenvalue weighted by Gasteiger charge is -2.17. The number of methoxy groups -OCH3 is 1. The van der Waals surface area contributed by atoms with Gasteiger partial charge in [-0.2, -0.15) is 8.42 Å². The topological polar surface area (TPSA) is 84.8 Å². The third-order valence-corrected chi connectivity index (χ3v) is 7.00. The van der Waals surface area contributed by atoms with Crippen LogP contribution >= 0.6 is 34.7 Å². The van der Waals surface area contributed by atoms with E-state index in [1.54, 1.807) is 24.4 Å². The van der Waals surface area contributed by atoms with Crippen LogP contribution < -0.4 is 5.32 Å². The zero-order valence-corrected chi connectivity index (χ0v) is 15.7. The van der Waals surface area contributed by atoms with Crippen LogP contribution in [0, 0.1) is 6.92 Å². The molecule has 0 amide bonds. The number of ether oxygens (including phenoxy) is 1. The van der Waals surface area contributed by atoms with Crippen LogP contribution in [0.25, 0.3) is 0 Å². The first-order chi connectivity index (χ1) is 11.3. The molecule has 0 fully saturated rings. The molecule has 1 aromatic carbocycles. The Morgan fingerprint density at radius 3 is 2.83 bits per heavy atom. The first-order valence-corrected chi connectivity index (χ1v) is 10.1. The molecule has 2 heterocycles. The van der Waals surface area contributed by atoms with Crippen LogP contribution in [-0.2, 0) is 14.8 Å². The standard InChI is InChI=1S/C14H11ClN2O4S3/c1-7-5-11-10(6-8(7)15)23-14(17-24(11,19)20)16-9-3-4-22-12(9)13(18)21-2/h3-6H,1-2H3,(H,16,17). The summed E-state index contributed by atoms with van der Waals surface area (Å²) >= 11 is 8.41. The van der Waals surface area contributed by atoms with Crippen molar-refractivity contribution in [2.45, 2.75) is 16.7 Å². The highest BCUT2D eigenvalue weighted by Crippen LogP contribution is 2.38. The number of esters is 1. The van der Waals surface area contributed by atoms with Gasteiger partial charge >= 0.3 is 5.97 Å². The van der Waals surface area contributed by atoms with Crippen molar-refractivity contribution in [2.24, 2.45) is 4.40 Å². The van der Waals surface area contributed by atoms with Crippen molar-refractivity contribution in [3.8, 4) is 0 Å². The average Bonchev–Trinajstić information content (AvgIpc) is 2.96. The molecule has 0 atom stereocenters. The third-order valence-electron chi connectivity index (χ3n) is 3.19. The predicted molar refractivity (Wildman–Crippen MR) is 95.9 cm³/mol. The third kappa shape index (κ3) is 3.16. The minimum absolute atomic E-state index is 0.124. The summed E-state index contributed by atoms with van der Waals surface area (Å²) in [4.78, 5) is 12.7. The summed E-state index contributed by atoms with van der Waals surface area (Å²) in [7, 11) is -2.56. The minimum Gasteiger partial charge on any atom is -0.465 e. The number of anilines is 1. The SMILES string of the molecule is COC(=O)c1sccc1NC1=NS(=O)(=O)c2cc(C)c(Cl)cc2S1. The summed E-state index contributed by atoms with van der Waals surface area (Å²) < 4.78 is 33.2. The molecular formula is C14H11ClN2O4S3. The second-order valence-electron chi connectivity index (χ2n) is 4.80. The number of nitrogens with one attached hydrogen (secondary N) is 1. The largest absolute Gasteiger partial charge is 0.465 e. The van der Waals surface area contributed by atoms with Crippen molar-refractivity contribution in [2.75, 3.05) is 12.4 Å². The normalized spacial score (nSPS) is 15.4. The number of fused-ring (bicyclic) bond motifs is 1. The smallest absolute Gasteiger partial charge is 0.350 e. The molecule has 1 N–H and O–H groups in total. The van der Waals surface area contributed by atoms with Crippen molar-refractivity contribution in [1.29, 1.82) is 0 Å². The summed E-state index contributed by atoms with van der Waals surface area (Å²) in [6, 6.07) is 4.76. The van der Waals surface area contributed by atoms with Gasteiger partial charge < -0.3 is 10.1 Å². The molecule has 6 nitrogen and oxygen atoms in total. The maximum atomic E-state index is 12.4. The lowest BCUT2D eigenvalue weighted by atomic mass is 10.2. The van der Waals surface area contributed by atoms with E-state index >= 15 is 0 Å². The van der Waals surface area contributed by atoms with E-state index in [-0.39, 0.29) is 10.1 Å². The highest BCUT2D eigenvalue weighted by molar-refractivity contribution is 8.15. The molecule has 0 unspecified atom stereocenters. The molecular weight excluding hydrogens is 392 g/mol. The highest BCUT2D eigenvalue weighted by atomic mass is 35.5. The van der Waals surface area contributed by atoms with Gasteiger partial charge in [-0.05, 0) is 47.8 Å². The summed E-state index contributed by atoms with van der Waals surface area (Å²) in [6.07, 6.45) is 0.